The van der Waals surface area contributed by atoms with Crippen LogP contribution in [0.1, 0.15) is 63.9 Å². The summed E-state index contributed by atoms with van der Waals surface area (Å²) in [6.07, 6.45) is 0.932. The van der Waals surface area contributed by atoms with Gasteiger partial charge in [-0.25, -0.2) is 4.79 Å². The van der Waals surface area contributed by atoms with E-state index in [9.17, 15) is 9.59 Å². The Kier molecular flexibility index (Phi) is 6.39. The van der Waals surface area contributed by atoms with Crippen molar-refractivity contribution in [2.24, 2.45) is 0 Å². The summed E-state index contributed by atoms with van der Waals surface area (Å²) in [7, 11) is 0. The van der Waals surface area contributed by atoms with Crippen molar-refractivity contribution in [1.82, 2.24) is 10.3 Å². The molecule has 0 aliphatic heterocycles. The number of carbonyl (C=O) groups is 2. The topological polar surface area (TPSA) is 71.2 Å². The summed E-state index contributed by atoms with van der Waals surface area (Å²) in [6.45, 7) is 8.25. The van der Waals surface area contributed by atoms with Crippen LogP contribution in [-0.4, -0.2) is 30.0 Å². The molecule has 0 aliphatic rings. The first-order chi connectivity index (χ1) is 12.0. The second-order valence-electron chi connectivity index (χ2n) is 6.07. The maximum atomic E-state index is 12.6. The Hall–Kier alpha value is -2.56. The second kappa shape index (κ2) is 8.51. The molecule has 1 unspecified atom stereocenters. The first kappa shape index (κ1) is 18.8. The smallest absolute Gasteiger partial charge is 0.340 e. The van der Waals surface area contributed by atoms with Crippen LogP contribution < -0.4 is 5.32 Å². The van der Waals surface area contributed by atoms with Crippen LogP contribution in [0, 0.1) is 13.8 Å². The van der Waals surface area contributed by atoms with E-state index < -0.39 is 5.97 Å². The fourth-order valence-electron chi connectivity index (χ4n) is 3.01. The van der Waals surface area contributed by atoms with Gasteiger partial charge in [0.05, 0.1) is 12.2 Å². The Morgan fingerprint density at radius 3 is 2.44 bits per heavy atom. The molecule has 1 atom stereocenters. The van der Waals surface area contributed by atoms with Gasteiger partial charge in [0, 0.05) is 18.2 Å². The lowest BCUT2D eigenvalue weighted by atomic mass is 9.96. The SMILES string of the molecule is CCOC(=O)c1c(C)[nH]c(C(=O)NCC(CC)c2ccccc2)c1C. The molecule has 0 saturated heterocycles. The summed E-state index contributed by atoms with van der Waals surface area (Å²) < 4.78 is 5.07. The Bertz CT molecular complexity index is 735. The molecule has 5 heteroatoms. The molecule has 134 valence electrons. The molecule has 1 aromatic heterocycles. The van der Waals surface area contributed by atoms with E-state index in [0.717, 1.165) is 6.42 Å². The highest BCUT2D eigenvalue weighted by Gasteiger charge is 2.23. The monoisotopic (exact) mass is 342 g/mol. The second-order valence-corrected chi connectivity index (χ2v) is 6.07. The van der Waals surface area contributed by atoms with Crippen LogP contribution in [0.3, 0.4) is 0 Å². The number of ether oxygens (including phenoxy) is 1. The van der Waals surface area contributed by atoms with Gasteiger partial charge >= 0.3 is 5.97 Å². The third kappa shape index (κ3) is 4.29. The van der Waals surface area contributed by atoms with Gasteiger partial charge in [0.2, 0.25) is 0 Å². The zero-order chi connectivity index (χ0) is 18.4. The van der Waals surface area contributed by atoms with E-state index in [2.05, 4.69) is 29.4 Å². The molecule has 0 saturated carbocycles. The highest BCUT2D eigenvalue weighted by atomic mass is 16.5. The number of hydrogen-bond donors (Lipinski definition) is 2. The Morgan fingerprint density at radius 2 is 1.84 bits per heavy atom. The summed E-state index contributed by atoms with van der Waals surface area (Å²) in [5.74, 6) is -0.347. The van der Waals surface area contributed by atoms with Crippen molar-refractivity contribution < 1.29 is 14.3 Å². The lowest BCUT2D eigenvalue weighted by Crippen LogP contribution is -2.29. The van der Waals surface area contributed by atoms with Gasteiger partial charge in [-0.2, -0.15) is 0 Å². The number of aryl methyl sites for hydroxylation is 1. The predicted molar refractivity (Wildman–Crippen MR) is 98.0 cm³/mol. The quantitative estimate of drug-likeness (QED) is 0.753. The van der Waals surface area contributed by atoms with E-state index in [0.29, 0.717) is 35.7 Å². The maximum absolute atomic E-state index is 12.6. The first-order valence-corrected chi connectivity index (χ1v) is 8.68. The highest BCUT2D eigenvalue weighted by Crippen LogP contribution is 2.21. The van der Waals surface area contributed by atoms with Crippen molar-refractivity contribution in [3.05, 3.63) is 58.4 Å². The van der Waals surface area contributed by atoms with Crippen LogP contribution in [-0.2, 0) is 4.74 Å². The lowest BCUT2D eigenvalue weighted by Gasteiger charge is -2.16. The van der Waals surface area contributed by atoms with E-state index in [-0.39, 0.29) is 11.8 Å². The fraction of sp³-hybridized carbons (Fsp3) is 0.400. The van der Waals surface area contributed by atoms with E-state index in [1.54, 1.807) is 20.8 Å². The Labute approximate surface area is 148 Å². The van der Waals surface area contributed by atoms with Crippen LogP contribution in [0.5, 0.6) is 0 Å². The van der Waals surface area contributed by atoms with Crippen LogP contribution in [0.4, 0.5) is 0 Å². The molecule has 2 N–H and O–H groups in total. The van der Waals surface area contributed by atoms with Crippen LogP contribution in [0.15, 0.2) is 30.3 Å². The normalized spacial score (nSPS) is 11.8. The molecular formula is C20H26N2O3. The number of hydrogen-bond acceptors (Lipinski definition) is 3. The molecular weight excluding hydrogens is 316 g/mol. The van der Waals surface area contributed by atoms with E-state index in [1.807, 2.05) is 18.2 Å². The number of esters is 1. The molecule has 2 aromatic rings. The molecule has 0 bridgehead atoms. The summed E-state index contributed by atoms with van der Waals surface area (Å²) in [6, 6.07) is 10.1. The standard InChI is InChI=1S/C20H26N2O3/c1-5-15(16-10-8-7-9-11-16)12-21-19(23)18-13(3)17(14(4)22-18)20(24)25-6-2/h7-11,15,22H,5-6,12H2,1-4H3,(H,21,23). The van der Waals surface area contributed by atoms with Crippen molar-refractivity contribution in [2.45, 2.75) is 40.0 Å². The zero-order valence-electron chi connectivity index (χ0n) is 15.3. The molecule has 25 heavy (non-hydrogen) atoms. The number of aromatic amines is 1. The molecule has 0 aliphatic carbocycles. The Balaban J connectivity index is 2.11. The summed E-state index contributed by atoms with van der Waals surface area (Å²) >= 11 is 0. The van der Waals surface area contributed by atoms with Gasteiger partial charge in [-0.15, -0.1) is 0 Å². The van der Waals surface area contributed by atoms with Crippen molar-refractivity contribution in [2.75, 3.05) is 13.2 Å². The van der Waals surface area contributed by atoms with Crippen molar-refractivity contribution in [3.63, 3.8) is 0 Å². The average Bonchev–Trinajstić information content (AvgIpc) is 2.91. The number of carbonyl (C=O) groups excluding carboxylic acids is 2. The van der Waals surface area contributed by atoms with Gasteiger partial charge in [0.1, 0.15) is 5.69 Å². The van der Waals surface area contributed by atoms with Gasteiger partial charge < -0.3 is 15.0 Å². The third-order valence-electron chi connectivity index (χ3n) is 4.42. The molecule has 1 heterocycles. The largest absolute Gasteiger partial charge is 0.462 e. The number of benzene rings is 1. The lowest BCUT2D eigenvalue weighted by molar-refractivity contribution is 0.0525. The van der Waals surface area contributed by atoms with Gasteiger partial charge in [-0.3, -0.25) is 4.79 Å². The molecule has 2 rings (SSSR count). The van der Waals surface area contributed by atoms with Crippen LogP contribution in [0.2, 0.25) is 0 Å². The number of amides is 1. The van der Waals surface area contributed by atoms with E-state index in [4.69, 9.17) is 4.74 Å². The van der Waals surface area contributed by atoms with Gasteiger partial charge in [0.25, 0.3) is 5.91 Å². The van der Waals surface area contributed by atoms with Crippen molar-refractivity contribution in [1.29, 1.82) is 0 Å². The first-order valence-electron chi connectivity index (χ1n) is 8.68. The summed E-state index contributed by atoms with van der Waals surface area (Å²) in [5.41, 5.74) is 3.35. The summed E-state index contributed by atoms with van der Waals surface area (Å²) in [5, 5.41) is 2.98. The number of aromatic nitrogens is 1. The minimum Gasteiger partial charge on any atom is -0.462 e. The van der Waals surface area contributed by atoms with E-state index in [1.165, 1.54) is 5.56 Å². The minimum absolute atomic E-state index is 0.203. The highest BCUT2D eigenvalue weighted by molar-refractivity contribution is 6.00. The zero-order valence-corrected chi connectivity index (χ0v) is 15.3. The number of H-pyrrole nitrogens is 1. The van der Waals surface area contributed by atoms with Crippen molar-refractivity contribution in [3.8, 4) is 0 Å². The van der Waals surface area contributed by atoms with Gasteiger partial charge in [-0.05, 0) is 38.3 Å². The number of nitrogens with one attached hydrogen (secondary N) is 2. The van der Waals surface area contributed by atoms with Crippen LogP contribution >= 0.6 is 0 Å². The minimum atomic E-state index is -0.400. The van der Waals surface area contributed by atoms with Gasteiger partial charge in [-0.1, -0.05) is 37.3 Å². The summed E-state index contributed by atoms with van der Waals surface area (Å²) in [4.78, 5) is 27.6. The molecule has 5 nitrogen and oxygen atoms in total. The molecule has 0 fully saturated rings. The molecule has 0 spiro atoms. The molecule has 0 radical (unpaired) electrons. The van der Waals surface area contributed by atoms with E-state index >= 15 is 0 Å². The molecule has 1 amide bonds. The maximum Gasteiger partial charge on any atom is 0.340 e. The van der Waals surface area contributed by atoms with Crippen molar-refractivity contribution >= 4 is 11.9 Å². The number of rotatable bonds is 7. The van der Waals surface area contributed by atoms with Gasteiger partial charge in [0.15, 0.2) is 0 Å². The Morgan fingerprint density at radius 1 is 1.16 bits per heavy atom. The third-order valence-corrected chi connectivity index (χ3v) is 4.42. The average molecular weight is 342 g/mol. The fourth-order valence-corrected chi connectivity index (χ4v) is 3.01. The predicted octanol–water partition coefficient (Wildman–Crippen LogP) is 3.73. The molecule has 1 aromatic carbocycles. The van der Waals surface area contributed by atoms with Crippen LogP contribution in [0.25, 0.3) is 0 Å².